The Balaban J connectivity index is 3.04. The van der Waals surface area contributed by atoms with Crippen LogP contribution >= 0.6 is 0 Å². The highest BCUT2D eigenvalue weighted by Crippen LogP contribution is 2.17. The normalized spacial score (nSPS) is 11.6. The van der Waals surface area contributed by atoms with Crippen molar-refractivity contribution in [2.24, 2.45) is 0 Å². The van der Waals surface area contributed by atoms with Gasteiger partial charge in [0.25, 0.3) is 11.6 Å². The van der Waals surface area contributed by atoms with Gasteiger partial charge in [0.1, 0.15) is 0 Å². The highest BCUT2D eigenvalue weighted by Gasteiger charge is 2.25. The smallest absolute Gasteiger partial charge is 0.307 e. The van der Waals surface area contributed by atoms with Crippen LogP contribution < -0.4 is 0 Å². The van der Waals surface area contributed by atoms with Gasteiger partial charge in [0.2, 0.25) is 0 Å². The summed E-state index contributed by atoms with van der Waals surface area (Å²) in [6, 6.07) is 4.87. The van der Waals surface area contributed by atoms with E-state index in [2.05, 4.69) is 4.74 Å². The summed E-state index contributed by atoms with van der Waals surface area (Å²) in [5, 5.41) is 20.3. The van der Waals surface area contributed by atoms with Crippen LogP contribution in [0.15, 0.2) is 24.3 Å². The van der Waals surface area contributed by atoms with Gasteiger partial charge in [-0.3, -0.25) is 19.7 Å². The number of hydrogen-bond donors (Lipinski definition) is 1. The van der Waals surface area contributed by atoms with Crippen molar-refractivity contribution in [1.82, 2.24) is 4.90 Å². The molecule has 1 N–H and O–H groups in total. The van der Waals surface area contributed by atoms with E-state index in [1.807, 2.05) is 0 Å². The number of nitro groups is 1. The molecule has 0 saturated carbocycles. The van der Waals surface area contributed by atoms with Crippen LogP contribution in [0, 0.1) is 10.1 Å². The zero-order valence-corrected chi connectivity index (χ0v) is 13.1. The van der Waals surface area contributed by atoms with Gasteiger partial charge < -0.3 is 14.7 Å². The molecule has 8 heteroatoms. The molecule has 1 unspecified atom stereocenters. The summed E-state index contributed by atoms with van der Waals surface area (Å²) in [7, 11) is 1.25. The molecule has 1 atom stereocenters. The molecular formula is C15H20N2O6. The molecule has 1 amide bonds. The van der Waals surface area contributed by atoms with E-state index in [0.717, 1.165) is 0 Å². The second kappa shape index (κ2) is 8.84. The predicted molar refractivity (Wildman–Crippen MR) is 81.9 cm³/mol. The summed E-state index contributed by atoms with van der Waals surface area (Å²) in [4.78, 5) is 35.5. The second-order valence-electron chi connectivity index (χ2n) is 4.88. The number of nitrogens with zero attached hydrogens (tertiary/aromatic N) is 2. The van der Waals surface area contributed by atoms with Crippen molar-refractivity contribution in [3.8, 4) is 0 Å². The van der Waals surface area contributed by atoms with Crippen molar-refractivity contribution < 1.29 is 24.4 Å². The van der Waals surface area contributed by atoms with Gasteiger partial charge in [-0.05, 0) is 12.5 Å². The van der Waals surface area contributed by atoms with Gasteiger partial charge in [-0.15, -0.1) is 0 Å². The standard InChI is InChI=1S/C15H20N2O6/c1-3-12(10-18)16(8-7-14(19)23-2)15(20)11-5-4-6-13(9-11)17(21)22/h4-6,9,12,18H,3,7-8,10H2,1-2H3. The first-order chi connectivity index (χ1) is 10.9. The summed E-state index contributed by atoms with van der Waals surface area (Å²) >= 11 is 0. The van der Waals surface area contributed by atoms with E-state index in [1.165, 1.54) is 36.3 Å². The first kappa shape index (κ1) is 18.6. The third kappa shape index (κ3) is 5.03. The molecule has 0 aliphatic carbocycles. The molecule has 23 heavy (non-hydrogen) atoms. The average Bonchev–Trinajstić information content (AvgIpc) is 2.57. The molecule has 0 saturated heterocycles. The lowest BCUT2D eigenvalue weighted by atomic mass is 10.1. The zero-order valence-electron chi connectivity index (χ0n) is 13.1. The van der Waals surface area contributed by atoms with E-state index in [0.29, 0.717) is 6.42 Å². The van der Waals surface area contributed by atoms with Gasteiger partial charge in [-0.1, -0.05) is 13.0 Å². The number of benzene rings is 1. The topological polar surface area (TPSA) is 110 Å². The van der Waals surface area contributed by atoms with Crippen LogP contribution in [-0.2, 0) is 9.53 Å². The number of carbonyl (C=O) groups is 2. The lowest BCUT2D eigenvalue weighted by Gasteiger charge is -2.29. The minimum absolute atomic E-state index is 0.0202. The largest absolute Gasteiger partial charge is 0.469 e. The fourth-order valence-corrected chi connectivity index (χ4v) is 2.13. The minimum Gasteiger partial charge on any atom is -0.469 e. The Morgan fingerprint density at radius 2 is 2.13 bits per heavy atom. The fourth-order valence-electron chi connectivity index (χ4n) is 2.13. The number of nitro benzene ring substituents is 1. The number of ether oxygens (including phenoxy) is 1. The molecule has 1 aromatic rings. The van der Waals surface area contributed by atoms with Gasteiger partial charge in [-0.2, -0.15) is 0 Å². The van der Waals surface area contributed by atoms with E-state index in [9.17, 15) is 24.8 Å². The Labute approximate surface area is 133 Å². The molecule has 0 aliphatic heterocycles. The van der Waals surface area contributed by atoms with Gasteiger partial charge >= 0.3 is 5.97 Å². The van der Waals surface area contributed by atoms with Crippen molar-refractivity contribution in [2.45, 2.75) is 25.8 Å². The van der Waals surface area contributed by atoms with Crippen LogP contribution in [0.4, 0.5) is 5.69 Å². The van der Waals surface area contributed by atoms with Crippen molar-refractivity contribution in [3.63, 3.8) is 0 Å². The number of methoxy groups -OCH3 is 1. The molecule has 0 aliphatic rings. The zero-order chi connectivity index (χ0) is 17.4. The van der Waals surface area contributed by atoms with Gasteiger partial charge in [0, 0.05) is 24.2 Å². The Hall–Kier alpha value is -2.48. The molecule has 0 spiro atoms. The van der Waals surface area contributed by atoms with Crippen molar-refractivity contribution in [1.29, 1.82) is 0 Å². The molecular weight excluding hydrogens is 304 g/mol. The number of non-ortho nitro benzene ring substituents is 1. The van der Waals surface area contributed by atoms with E-state index in [4.69, 9.17) is 0 Å². The molecule has 126 valence electrons. The Bertz CT molecular complexity index is 571. The summed E-state index contributed by atoms with van der Waals surface area (Å²) in [5.74, 6) is -0.951. The summed E-state index contributed by atoms with van der Waals surface area (Å²) in [6.45, 7) is 1.60. The number of aliphatic hydroxyl groups excluding tert-OH is 1. The van der Waals surface area contributed by atoms with Crippen molar-refractivity contribution in [3.05, 3.63) is 39.9 Å². The molecule has 0 aromatic heterocycles. The van der Waals surface area contributed by atoms with E-state index < -0.39 is 22.8 Å². The summed E-state index contributed by atoms with van der Waals surface area (Å²) in [5.41, 5.74) is -0.0585. The average molecular weight is 324 g/mol. The van der Waals surface area contributed by atoms with Crippen molar-refractivity contribution in [2.75, 3.05) is 20.3 Å². The lowest BCUT2D eigenvalue weighted by Crippen LogP contribution is -2.43. The molecule has 1 aromatic carbocycles. The number of aliphatic hydroxyl groups is 1. The van der Waals surface area contributed by atoms with E-state index in [-0.39, 0.29) is 30.8 Å². The van der Waals surface area contributed by atoms with Crippen LogP contribution in [0.25, 0.3) is 0 Å². The monoisotopic (exact) mass is 324 g/mol. The Kier molecular flexibility index (Phi) is 7.14. The fraction of sp³-hybridized carbons (Fsp3) is 0.467. The maximum atomic E-state index is 12.6. The molecule has 0 radical (unpaired) electrons. The summed E-state index contributed by atoms with van der Waals surface area (Å²) in [6.07, 6.45) is 0.464. The van der Waals surface area contributed by atoms with Gasteiger partial charge in [0.05, 0.1) is 31.1 Å². The molecule has 0 bridgehead atoms. The molecule has 8 nitrogen and oxygen atoms in total. The van der Waals surface area contributed by atoms with E-state index in [1.54, 1.807) is 6.92 Å². The van der Waals surface area contributed by atoms with Crippen LogP contribution in [-0.4, -0.2) is 53.1 Å². The Morgan fingerprint density at radius 3 is 2.65 bits per heavy atom. The predicted octanol–water partition coefficient (Wildman–Crippen LogP) is 1.37. The summed E-state index contributed by atoms with van der Waals surface area (Å²) < 4.78 is 4.55. The maximum Gasteiger partial charge on any atom is 0.307 e. The maximum absolute atomic E-state index is 12.6. The first-order valence-electron chi connectivity index (χ1n) is 7.17. The van der Waals surface area contributed by atoms with Crippen molar-refractivity contribution >= 4 is 17.6 Å². The van der Waals surface area contributed by atoms with Crippen LogP contribution in [0.3, 0.4) is 0 Å². The number of rotatable bonds is 8. The number of amides is 1. The van der Waals surface area contributed by atoms with E-state index >= 15 is 0 Å². The second-order valence-corrected chi connectivity index (χ2v) is 4.88. The number of esters is 1. The minimum atomic E-state index is -0.584. The van der Waals surface area contributed by atoms with Crippen LogP contribution in [0.1, 0.15) is 30.1 Å². The first-order valence-corrected chi connectivity index (χ1v) is 7.17. The number of carbonyl (C=O) groups excluding carboxylic acids is 2. The van der Waals surface area contributed by atoms with Crippen LogP contribution in [0.5, 0.6) is 0 Å². The van der Waals surface area contributed by atoms with Gasteiger partial charge in [0.15, 0.2) is 0 Å². The third-order valence-electron chi connectivity index (χ3n) is 3.47. The molecule has 1 rings (SSSR count). The highest BCUT2D eigenvalue weighted by atomic mass is 16.6. The van der Waals surface area contributed by atoms with Crippen LogP contribution in [0.2, 0.25) is 0 Å². The third-order valence-corrected chi connectivity index (χ3v) is 3.47. The number of hydrogen-bond acceptors (Lipinski definition) is 6. The van der Waals surface area contributed by atoms with Gasteiger partial charge in [-0.25, -0.2) is 0 Å². The molecule has 0 fully saturated rings. The Morgan fingerprint density at radius 1 is 1.43 bits per heavy atom. The highest BCUT2D eigenvalue weighted by molar-refractivity contribution is 5.95. The molecule has 0 heterocycles. The quantitative estimate of drug-likeness (QED) is 0.439. The SMILES string of the molecule is CCC(CO)N(CCC(=O)OC)C(=O)c1cccc([N+](=O)[O-])c1. The lowest BCUT2D eigenvalue weighted by molar-refractivity contribution is -0.384.